The van der Waals surface area contributed by atoms with E-state index >= 15 is 0 Å². The van der Waals surface area contributed by atoms with Crippen molar-refractivity contribution in [2.75, 3.05) is 33.4 Å². The van der Waals surface area contributed by atoms with Gasteiger partial charge >= 0.3 is 5.97 Å². The molecule has 2 atom stereocenters. The lowest BCUT2D eigenvalue weighted by molar-refractivity contribution is -0.145. The molecule has 3 rings (SSSR count). The number of methoxy groups -OCH3 is 1. The average Bonchev–Trinajstić information content (AvgIpc) is 2.79. The maximum Gasteiger partial charge on any atom is 0.331 e. The normalized spacial score (nSPS) is 16.4. The van der Waals surface area contributed by atoms with Crippen LogP contribution in [0.3, 0.4) is 0 Å². The molecule has 2 aromatic carbocycles. The highest BCUT2D eigenvalue weighted by atomic mass is 16.5. The van der Waals surface area contributed by atoms with Crippen LogP contribution in [0, 0.1) is 0 Å². The minimum absolute atomic E-state index is 0.416. The summed E-state index contributed by atoms with van der Waals surface area (Å²) in [7, 11) is 1.22. The van der Waals surface area contributed by atoms with Gasteiger partial charge in [-0.1, -0.05) is 36.4 Å². The number of nitrogens with one attached hydrogen (secondary N) is 1. The Labute approximate surface area is 183 Å². The topological polar surface area (TPSA) is 88.1 Å². The van der Waals surface area contributed by atoms with E-state index in [0.717, 1.165) is 44.8 Å². The summed E-state index contributed by atoms with van der Waals surface area (Å²) in [6, 6.07) is 14.7. The van der Waals surface area contributed by atoms with E-state index in [1.807, 2.05) is 12.1 Å². The van der Waals surface area contributed by atoms with Crippen molar-refractivity contribution >= 4 is 11.9 Å². The van der Waals surface area contributed by atoms with Gasteiger partial charge in [0.1, 0.15) is 0 Å². The zero-order valence-corrected chi connectivity index (χ0v) is 18.0. The molecule has 0 bridgehead atoms. The Balaban J connectivity index is 1.56. The van der Waals surface area contributed by atoms with Crippen molar-refractivity contribution in [3.05, 3.63) is 70.8 Å². The number of ether oxygens (including phenoxy) is 2. The molecular formula is C24H30N2O5. The third kappa shape index (κ3) is 6.62. The number of rotatable bonds is 8. The molecule has 1 saturated heterocycles. The quantitative estimate of drug-likeness (QED) is 0.626. The Morgan fingerprint density at radius 1 is 1.03 bits per heavy atom. The highest BCUT2D eigenvalue weighted by molar-refractivity contribution is 5.96. The summed E-state index contributed by atoms with van der Waals surface area (Å²) >= 11 is 0. The SMILES string of the molecule is COC(=O)C(NC(=O)c1ccc(Cc2ccc(CN3CCOCC3)cc2)cc1)[C@@H](C)O. The fourth-order valence-electron chi connectivity index (χ4n) is 3.52. The first-order chi connectivity index (χ1) is 15.0. The van der Waals surface area contributed by atoms with Crippen molar-refractivity contribution < 1.29 is 24.2 Å². The van der Waals surface area contributed by atoms with E-state index in [1.165, 1.54) is 25.2 Å². The number of hydrogen-bond donors (Lipinski definition) is 2. The molecule has 0 aromatic heterocycles. The monoisotopic (exact) mass is 426 g/mol. The van der Waals surface area contributed by atoms with E-state index in [2.05, 4.69) is 39.2 Å². The summed E-state index contributed by atoms with van der Waals surface area (Å²) in [6.45, 7) is 5.91. The minimum atomic E-state index is -1.10. The van der Waals surface area contributed by atoms with Crippen LogP contribution in [-0.2, 0) is 27.2 Å². The second-order valence-electron chi connectivity index (χ2n) is 7.79. The molecule has 0 aliphatic carbocycles. The number of amides is 1. The molecule has 1 aliphatic heterocycles. The van der Waals surface area contributed by atoms with E-state index in [9.17, 15) is 14.7 Å². The first kappa shape index (κ1) is 22.9. The number of aliphatic hydroxyl groups excluding tert-OH is 1. The first-order valence-corrected chi connectivity index (χ1v) is 10.5. The van der Waals surface area contributed by atoms with Crippen LogP contribution in [0.2, 0.25) is 0 Å². The van der Waals surface area contributed by atoms with Gasteiger partial charge in [0.2, 0.25) is 0 Å². The van der Waals surface area contributed by atoms with Crippen LogP contribution < -0.4 is 5.32 Å². The maximum atomic E-state index is 12.4. The van der Waals surface area contributed by atoms with Gasteiger partial charge in [-0.3, -0.25) is 9.69 Å². The average molecular weight is 427 g/mol. The lowest BCUT2D eigenvalue weighted by Crippen LogP contribution is -2.48. The van der Waals surface area contributed by atoms with Crippen LogP contribution in [0.1, 0.15) is 34.0 Å². The van der Waals surface area contributed by atoms with Crippen LogP contribution in [0.15, 0.2) is 48.5 Å². The molecule has 1 fully saturated rings. The van der Waals surface area contributed by atoms with Gasteiger partial charge in [0.25, 0.3) is 5.91 Å². The number of hydrogen-bond acceptors (Lipinski definition) is 6. The molecule has 31 heavy (non-hydrogen) atoms. The summed E-state index contributed by atoms with van der Waals surface area (Å²) in [5, 5.41) is 12.2. The summed E-state index contributed by atoms with van der Waals surface area (Å²) in [5.41, 5.74) is 3.98. The number of nitrogens with zero attached hydrogens (tertiary/aromatic N) is 1. The predicted octanol–water partition coefficient (Wildman–Crippen LogP) is 1.76. The van der Waals surface area contributed by atoms with Crippen LogP contribution in [0.4, 0.5) is 0 Å². The maximum absolute atomic E-state index is 12.4. The van der Waals surface area contributed by atoms with Crippen LogP contribution in [0.5, 0.6) is 0 Å². The molecule has 166 valence electrons. The molecule has 1 amide bonds. The lowest BCUT2D eigenvalue weighted by atomic mass is 10.0. The number of carbonyl (C=O) groups excluding carboxylic acids is 2. The standard InChI is InChI=1S/C24H30N2O5/c1-17(27)22(24(29)30-2)25-23(28)21-9-7-19(8-10-21)15-18-3-5-20(6-4-18)16-26-11-13-31-14-12-26/h3-10,17,22,27H,11-16H2,1-2H3,(H,25,28)/t17-,22?/m1/s1. The van der Waals surface area contributed by atoms with Crippen molar-refractivity contribution in [1.29, 1.82) is 0 Å². The molecule has 7 heteroatoms. The van der Waals surface area contributed by atoms with E-state index < -0.39 is 24.0 Å². The second-order valence-corrected chi connectivity index (χ2v) is 7.79. The Morgan fingerprint density at radius 3 is 2.13 bits per heavy atom. The number of aliphatic hydroxyl groups is 1. The van der Waals surface area contributed by atoms with E-state index in [-0.39, 0.29) is 0 Å². The molecule has 1 heterocycles. The summed E-state index contributed by atoms with van der Waals surface area (Å²) < 4.78 is 10.0. The Morgan fingerprint density at radius 2 is 1.58 bits per heavy atom. The van der Waals surface area contributed by atoms with E-state index in [1.54, 1.807) is 12.1 Å². The van der Waals surface area contributed by atoms with Gasteiger partial charge in [-0.2, -0.15) is 0 Å². The molecule has 2 aromatic rings. The highest BCUT2D eigenvalue weighted by Gasteiger charge is 2.26. The second kappa shape index (κ2) is 11.0. The molecular weight excluding hydrogens is 396 g/mol. The lowest BCUT2D eigenvalue weighted by Gasteiger charge is -2.26. The van der Waals surface area contributed by atoms with Crippen LogP contribution in [0.25, 0.3) is 0 Å². The highest BCUT2D eigenvalue weighted by Crippen LogP contribution is 2.14. The number of morpholine rings is 1. The van der Waals surface area contributed by atoms with E-state index in [4.69, 9.17) is 4.74 Å². The summed E-state index contributed by atoms with van der Waals surface area (Å²) in [6.07, 6.45) is -0.292. The van der Waals surface area contributed by atoms with Crippen LogP contribution >= 0.6 is 0 Å². The van der Waals surface area contributed by atoms with Crippen LogP contribution in [-0.4, -0.2) is 67.4 Å². The first-order valence-electron chi connectivity index (χ1n) is 10.5. The molecule has 0 spiro atoms. The fraction of sp³-hybridized carbons (Fsp3) is 0.417. The Bertz CT molecular complexity index is 859. The van der Waals surface area contributed by atoms with Gasteiger partial charge in [0.15, 0.2) is 6.04 Å². The van der Waals surface area contributed by atoms with Gasteiger partial charge in [-0.15, -0.1) is 0 Å². The van der Waals surface area contributed by atoms with Gasteiger partial charge in [-0.25, -0.2) is 4.79 Å². The smallest absolute Gasteiger partial charge is 0.331 e. The summed E-state index contributed by atoms with van der Waals surface area (Å²) in [4.78, 5) is 26.5. The van der Waals surface area contributed by atoms with Crippen molar-refractivity contribution in [3.8, 4) is 0 Å². The zero-order valence-electron chi connectivity index (χ0n) is 18.0. The molecule has 1 unspecified atom stereocenters. The predicted molar refractivity (Wildman–Crippen MR) is 117 cm³/mol. The van der Waals surface area contributed by atoms with Gasteiger partial charge in [-0.05, 0) is 42.2 Å². The number of esters is 1. The third-order valence-corrected chi connectivity index (χ3v) is 5.38. The largest absolute Gasteiger partial charge is 0.467 e. The molecule has 2 N–H and O–H groups in total. The van der Waals surface area contributed by atoms with Crippen molar-refractivity contribution in [1.82, 2.24) is 10.2 Å². The van der Waals surface area contributed by atoms with E-state index in [0.29, 0.717) is 5.56 Å². The molecule has 0 saturated carbocycles. The number of carbonyl (C=O) groups is 2. The number of benzene rings is 2. The summed E-state index contributed by atoms with van der Waals surface area (Å²) in [5.74, 6) is -1.12. The molecule has 0 radical (unpaired) electrons. The third-order valence-electron chi connectivity index (χ3n) is 5.38. The van der Waals surface area contributed by atoms with Crippen molar-refractivity contribution in [3.63, 3.8) is 0 Å². The van der Waals surface area contributed by atoms with Crippen molar-refractivity contribution in [2.24, 2.45) is 0 Å². The minimum Gasteiger partial charge on any atom is -0.467 e. The van der Waals surface area contributed by atoms with Gasteiger partial charge < -0.3 is 19.9 Å². The molecule has 1 aliphatic rings. The Hall–Kier alpha value is -2.74. The van der Waals surface area contributed by atoms with Crippen molar-refractivity contribution in [2.45, 2.75) is 32.0 Å². The Kier molecular flexibility index (Phi) is 8.17. The van der Waals surface area contributed by atoms with Gasteiger partial charge in [0, 0.05) is 25.2 Å². The molecule has 7 nitrogen and oxygen atoms in total. The van der Waals surface area contributed by atoms with Gasteiger partial charge in [0.05, 0.1) is 26.4 Å². The zero-order chi connectivity index (χ0) is 22.2. The fourth-order valence-corrected chi connectivity index (χ4v) is 3.52.